The second-order valence-corrected chi connectivity index (χ2v) is 7.43. The van der Waals surface area contributed by atoms with Gasteiger partial charge in [0.15, 0.2) is 5.82 Å². The molecule has 0 aliphatic carbocycles. The Balaban J connectivity index is 1.41. The number of carbonyl (C=O) groups is 2. The summed E-state index contributed by atoms with van der Waals surface area (Å²) in [5.74, 6) is -0.373. The van der Waals surface area contributed by atoms with Gasteiger partial charge in [0.2, 0.25) is 0 Å². The lowest BCUT2D eigenvalue weighted by Crippen LogP contribution is -2.39. The fraction of sp³-hybridized carbons (Fsp3) is 0.167. The molecule has 2 amide bonds. The molecule has 32 heavy (non-hydrogen) atoms. The van der Waals surface area contributed by atoms with Crippen molar-refractivity contribution in [3.05, 3.63) is 102 Å². The van der Waals surface area contributed by atoms with Crippen molar-refractivity contribution in [2.45, 2.75) is 19.0 Å². The SMILES string of the molecule is Cn1ccnc1C[C@@H](NC(=O)C(=O)Nc1ccn(Cc2ccccc2)n1)c1ccccc1. The van der Waals surface area contributed by atoms with Crippen molar-refractivity contribution in [3.63, 3.8) is 0 Å². The molecule has 0 saturated heterocycles. The molecule has 4 aromatic rings. The molecule has 0 unspecified atom stereocenters. The topological polar surface area (TPSA) is 93.8 Å². The summed E-state index contributed by atoms with van der Waals surface area (Å²) in [5.41, 5.74) is 1.98. The van der Waals surface area contributed by atoms with Crippen LogP contribution in [0.3, 0.4) is 0 Å². The third-order valence-electron chi connectivity index (χ3n) is 5.09. The Hall–Kier alpha value is -4.20. The molecule has 0 radical (unpaired) electrons. The summed E-state index contributed by atoms with van der Waals surface area (Å²) in [6, 6.07) is 20.7. The zero-order chi connectivity index (χ0) is 22.3. The van der Waals surface area contributed by atoms with E-state index in [9.17, 15) is 9.59 Å². The summed E-state index contributed by atoms with van der Waals surface area (Å²) in [4.78, 5) is 29.5. The quantitative estimate of drug-likeness (QED) is 0.443. The summed E-state index contributed by atoms with van der Waals surface area (Å²) in [6.07, 6.45) is 5.77. The van der Waals surface area contributed by atoms with Gasteiger partial charge >= 0.3 is 11.8 Å². The molecule has 0 fully saturated rings. The molecule has 0 aliphatic rings. The van der Waals surface area contributed by atoms with Crippen LogP contribution in [0.15, 0.2) is 85.3 Å². The third-order valence-corrected chi connectivity index (χ3v) is 5.09. The predicted octanol–water partition coefficient (Wildman–Crippen LogP) is 2.70. The first-order chi connectivity index (χ1) is 15.6. The lowest BCUT2D eigenvalue weighted by molar-refractivity contribution is -0.136. The smallest absolute Gasteiger partial charge is 0.314 e. The van der Waals surface area contributed by atoms with E-state index in [1.165, 1.54) is 0 Å². The lowest BCUT2D eigenvalue weighted by Gasteiger charge is -2.18. The van der Waals surface area contributed by atoms with E-state index in [0.29, 0.717) is 18.8 Å². The molecular weight excluding hydrogens is 404 g/mol. The van der Waals surface area contributed by atoms with E-state index in [0.717, 1.165) is 17.0 Å². The highest BCUT2D eigenvalue weighted by Gasteiger charge is 2.22. The van der Waals surface area contributed by atoms with Crippen LogP contribution < -0.4 is 10.6 Å². The second-order valence-electron chi connectivity index (χ2n) is 7.43. The van der Waals surface area contributed by atoms with E-state index >= 15 is 0 Å². The van der Waals surface area contributed by atoms with Crippen LogP contribution in [0.1, 0.15) is 23.0 Å². The van der Waals surface area contributed by atoms with Gasteiger partial charge in [0.1, 0.15) is 5.82 Å². The highest BCUT2D eigenvalue weighted by Crippen LogP contribution is 2.17. The maximum absolute atomic E-state index is 12.7. The first-order valence-corrected chi connectivity index (χ1v) is 10.3. The van der Waals surface area contributed by atoms with Crippen LogP contribution in [0.2, 0.25) is 0 Å². The van der Waals surface area contributed by atoms with E-state index in [2.05, 4.69) is 20.7 Å². The number of nitrogens with zero attached hydrogens (tertiary/aromatic N) is 4. The number of amides is 2. The van der Waals surface area contributed by atoms with Gasteiger partial charge in [-0.05, 0) is 11.1 Å². The summed E-state index contributed by atoms with van der Waals surface area (Å²) >= 11 is 0. The molecule has 4 rings (SSSR count). The molecule has 0 saturated carbocycles. The number of aromatic nitrogens is 4. The molecular formula is C24H24N6O2. The largest absolute Gasteiger partial charge is 0.341 e. The minimum absolute atomic E-state index is 0.321. The molecule has 0 bridgehead atoms. The van der Waals surface area contributed by atoms with Crippen LogP contribution in [0.25, 0.3) is 0 Å². The van der Waals surface area contributed by atoms with Gasteiger partial charge in [-0.1, -0.05) is 60.7 Å². The standard InChI is InChI=1S/C24H24N6O2/c1-29-15-13-25-22(29)16-20(19-10-6-3-7-11-19)26-23(31)24(32)27-21-12-14-30(28-21)17-18-8-4-2-5-9-18/h2-15,20H,16-17H2,1H3,(H,26,31)(H,27,28,32)/t20-/m1/s1. The first kappa shape index (κ1) is 21.0. The molecule has 2 aromatic carbocycles. The maximum Gasteiger partial charge on any atom is 0.314 e. The number of anilines is 1. The first-order valence-electron chi connectivity index (χ1n) is 10.3. The van der Waals surface area contributed by atoms with E-state index in [1.807, 2.05) is 78.5 Å². The summed E-state index contributed by atoms with van der Waals surface area (Å²) in [5, 5.41) is 9.73. The van der Waals surface area contributed by atoms with Gasteiger partial charge in [0.05, 0.1) is 12.6 Å². The third kappa shape index (κ3) is 5.28. The Bertz CT molecular complexity index is 1180. The van der Waals surface area contributed by atoms with E-state index in [-0.39, 0.29) is 0 Å². The van der Waals surface area contributed by atoms with Crippen molar-refractivity contribution >= 4 is 17.6 Å². The fourth-order valence-electron chi connectivity index (χ4n) is 3.40. The van der Waals surface area contributed by atoms with Gasteiger partial charge in [0, 0.05) is 38.1 Å². The number of benzene rings is 2. The molecule has 2 aromatic heterocycles. The average molecular weight is 428 g/mol. The number of rotatable bonds is 7. The van der Waals surface area contributed by atoms with Crippen LogP contribution in [0.5, 0.6) is 0 Å². The van der Waals surface area contributed by atoms with Crippen LogP contribution >= 0.6 is 0 Å². The van der Waals surface area contributed by atoms with Gasteiger partial charge in [-0.2, -0.15) is 5.10 Å². The van der Waals surface area contributed by atoms with Gasteiger partial charge in [-0.15, -0.1) is 0 Å². The van der Waals surface area contributed by atoms with Crippen LogP contribution in [0, 0.1) is 0 Å². The summed E-state index contributed by atoms with van der Waals surface area (Å²) in [6.45, 7) is 0.572. The van der Waals surface area contributed by atoms with E-state index < -0.39 is 17.9 Å². The number of aryl methyl sites for hydroxylation is 1. The second kappa shape index (κ2) is 9.74. The van der Waals surface area contributed by atoms with Crippen molar-refractivity contribution < 1.29 is 9.59 Å². The van der Waals surface area contributed by atoms with Gasteiger partial charge in [-0.25, -0.2) is 4.98 Å². The van der Waals surface area contributed by atoms with Crippen LogP contribution in [-0.2, 0) is 29.6 Å². The van der Waals surface area contributed by atoms with Crippen molar-refractivity contribution in [2.75, 3.05) is 5.32 Å². The zero-order valence-electron chi connectivity index (χ0n) is 17.7. The molecule has 162 valence electrons. The van der Waals surface area contributed by atoms with Crippen molar-refractivity contribution in [1.29, 1.82) is 0 Å². The Morgan fingerprint density at radius 2 is 1.66 bits per heavy atom. The fourth-order valence-corrected chi connectivity index (χ4v) is 3.40. The monoisotopic (exact) mass is 428 g/mol. The normalized spacial score (nSPS) is 11.7. The summed E-state index contributed by atoms with van der Waals surface area (Å²) in [7, 11) is 1.89. The van der Waals surface area contributed by atoms with E-state index in [4.69, 9.17) is 0 Å². The predicted molar refractivity (Wildman–Crippen MR) is 121 cm³/mol. The number of carbonyl (C=O) groups excluding carboxylic acids is 2. The summed E-state index contributed by atoms with van der Waals surface area (Å²) < 4.78 is 3.60. The Kier molecular flexibility index (Phi) is 6.41. The molecule has 2 N–H and O–H groups in total. The number of nitrogens with one attached hydrogen (secondary N) is 2. The Morgan fingerprint density at radius 1 is 0.938 bits per heavy atom. The number of hydrogen-bond acceptors (Lipinski definition) is 4. The van der Waals surface area contributed by atoms with Gasteiger partial charge in [-0.3, -0.25) is 14.3 Å². The van der Waals surface area contributed by atoms with E-state index in [1.54, 1.807) is 23.1 Å². The van der Waals surface area contributed by atoms with Crippen molar-refractivity contribution in [3.8, 4) is 0 Å². The van der Waals surface area contributed by atoms with Crippen molar-refractivity contribution in [1.82, 2.24) is 24.6 Å². The molecule has 1 atom stereocenters. The van der Waals surface area contributed by atoms with Crippen molar-refractivity contribution in [2.24, 2.45) is 7.05 Å². The van der Waals surface area contributed by atoms with Crippen LogP contribution in [-0.4, -0.2) is 31.1 Å². The molecule has 8 nitrogen and oxygen atoms in total. The van der Waals surface area contributed by atoms with Crippen LogP contribution in [0.4, 0.5) is 5.82 Å². The average Bonchev–Trinajstić information content (AvgIpc) is 3.43. The number of hydrogen-bond donors (Lipinski definition) is 2. The van der Waals surface area contributed by atoms with Gasteiger partial charge in [0.25, 0.3) is 0 Å². The zero-order valence-corrected chi connectivity index (χ0v) is 17.7. The molecule has 2 heterocycles. The molecule has 0 spiro atoms. The Labute approximate surface area is 185 Å². The highest BCUT2D eigenvalue weighted by atomic mass is 16.2. The molecule has 8 heteroatoms. The highest BCUT2D eigenvalue weighted by molar-refractivity contribution is 6.39. The molecule has 0 aliphatic heterocycles. The van der Waals surface area contributed by atoms with Gasteiger partial charge < -0.3 is 15.2 Å². The lowest BCUT2D eigenvalue weighted by atomic mass is 10.0. The maximum atomic E-state index is 12.7. The minimum Gasteiger partial charge on any atom is -0.341 e. The Morgan fingerprint density at radius 3 is 2.34 bits per heavy atom. The number of imidazole rings is 1. The minimum atomic E-state index is -0.768.